The smallest absolute Gasteiger partial charge is 0.120 e. The molecule has 0 saturated carbocycles. The van der Waals surface area contributed by atoms with Gasteiger partial charge in [0.2, 0.25) is 0 Å². The SMILES string of the molecule is CC(C)(C)Oc1ccc(C2(C)CN2)cc1. The van der Waals surface area contributed by atoms with Crippen molar-refractivity contribution >= 4 is 0 Å². The summed E-state index contributed by atoms with van der Waals surface area (Å²) in [4.78, 5) is 0. The van der Waals surface area contributed by atoms with Crippen LogP contribution < -0.4 is 10.1 Å². The maximum absolute atomic E-state index is 5.77. The van der Waals surface area contributed by atoms with Gasteiger partial charge in [-0.05, 0) is 45.4 Å². The molecule has 0 aromatic heterocycles. The molecule has 0 amide bonds. The molecular weight excluding hydrogens is 186 g/mol. The van der Waals surface area contributed by atoms with Crippen LogP contribution in [0.1, 0.15) is 33.3 Å². The molecule has 1 aliphatic heterocycles. The number of ether oxygens (including phenoxy) is 1. The van der Waals surface area contributed by atoms with Gasteiger partial charge >= 0.3 is 0 Å². The Kier molecular flexibility index (Phi) is 2.27. The summed E-state index contributed by atoms with van der Waals surface area (Å²) in [5, 5.41) is 3.35. The van der Waals surface area contributed by atoms with Crippen LogP contribution in [0.15, 0.2) is 24.3 Å². The zero-order chi connectivity index (χ0) is 11.1. The van der Waals surface area contributed by atoms with Gasteiger partial charge in [-0.25, -0.2) is 0 Å². The van der Waals surface area contributed by atoms with Crippen molar-refractivity contribution in [2.24, 2.45) is 0 Å². The van der Waals surface area contributed by atoms with Crippen molar-refractivity contribution in [2.45, 2.75) is 38.8 Å². The molecule has 2 nitrogen and oxygen atoms in total. The average molecular weight is 205 g/mol. The van der Waals surface area contributed by atoms with Crippen molar-refractivity contribution in [1.29, 1.82) is 0 Å². The fourth-order valence-electron chi connectivity index (χ4n) is 1.58. The molecule has 1 atom stereocenters. The number of nitrogens with one attached hydrogen (secondary N) is 1. The molecule has 1 aromatic rings. The van der Waals surface area contributed by atoms with Crippen molar-refractivity contribution < 1.29 is 4.74 Å². The molecule has 1 saturated heterocycles. The van der Waals surface area contributed by atoms with E-state index >= 15 is 0 Å². The second-order valence-corrected chi connectivity index (χ2v) is 5.42. The van der Waals surface area contributed by atoms with Gasteiger partial charge in [0, 0.05) is 6.54 Å². The topological polar surface area (TPSA) is 31.2 Å². The molecule has 1 aliphatic rings. The minimum atomic E-state index is -0.122. The predicted octanol–water partition coefficient (Wildman–Crippen LogP) is 2.68. The summed E-state index contributed by atoms with van der Waals surface area (Å²) in [5.74, 6) is 0.940. The zero-order valence-electron chi connectivity index (χ0n) is 9.92. The quantitative estimate of drug-likeness (QED) is 0.753. The molecule has 1 heterocycles. The molecule has 1 N–H and O–H groups in total. The van der Waals surface area contributed by atoms with Crippen molar-refractivity contribution in [3.05, 3.63) is 29.8 Å². The molecule has 0 radical (unpaired) electrons. The first-order valence-electron chi connectivity index (χ1n) is 5.44. The largest absolute Gasteiger partial charge is 0.488 e. The lowest BCUT2D eigenvalue weighted by Crippen LogP contribution is -2.22. The Morgan fingerprint density at radius 2 is 1.73 bits per heavy atom. The molecule has 0 spiro atoms. The van der Waals surface area contributed by atoms with Crippen molar-refractivity contribution in [1.82, 2.24) is 5.32 Å². The molecule has 1 unspecified atom stereocenters. The fraction of sp³-hybridized carbons (Fsp3) is 0.538. The van der Waals surface area contributed by atoms with Crippen LogP contribution in [0.3, 0.4) is 0 Å². The zero-order valence-corrected chi connectivity index (χ0v) is 9.92. The number of rotatable bonds is 2. The molecule has 15 heavy (non-hydrogen) atoms. The highest BCUT2D eigenvalue weighted by molar-refractivity contribution is 5.35. The van der Waals surface area contributed by atoms with Gasteiger partial charge in [0.25, 0.3) is 0 Å². The van der Waals surface area contributed by atoms with Crippen LogP contribution >= 0.6 is 0 Å². The normalized spacial score (nSPS) is 25.1. The van der Waals surface area contributed by atoms with E-state index < -0.39 is 0 Å². The number of hydrogen-bond acceptors (Lipinski definition) is 2. The third-order valence-corrected chi connectivity index (χ3v) is 2.62. The van der Waals surface area contributed by atoms with E-state index in [1.165, 1.54) is 5.56 Å². The Morgan fingerprint density at radius 3 is 2.13 bits per heavy atom. The van der Waals surface area contributed by atoms with E-state index in [9.17, 15) is 0 Å². The number of benzene rings is 1. The van der Waals surface area contributed by atoms with Gasteiger partial charge in [-0.15, -0.1) is 0 Å². The van der Waals surface area contributed by atoms with Crippen molar-refractivity contribution in [3.63, 3.8) is 0 Å². The second-order valence-electron chi connectivity index (χ2n) is 5.42. The molecule has 0 aliphatic carbocycles. The highest BCUT2D eigenvalue weighted by atomic mass is 16.5. The third kappa shape index (κ3) is 2.51. The monoisotopic (exact) mass is 205 g/mol. The van der Waals surface area contributed by atoms with Crippen LogP contribution in [0.4, 0.5) is 0 Å². The number of hydrogen-bond donors (Lipinski definition) is 1. The molecule has 82 valence electrons. The first-order valence-corrected chi connectivity index (χ1v) is 5.44. The first-order chi connectivity index (χ1) is 6.89. The van der Waals surface area contributed by atoms with Gasteiger partial charge in [0.1, 0.15) is 11.4 Å². The minimum absolute atomic E-state index is 0.122. The molecule has 2 rings (SSSR count). The van der Waals surface area contributed by atoms with Gasteiger partial charge in [0.05, 0.1) is 5.54 Å². The lowest BCUT2D eigenvalue weighted by molar-refractivity contribution is 0.131. The summed E-state index contributed by atoms with van der Waals surface area (Å²) in [7, 11) is 0. The Labute approximate surface area is 91.6 Å². The average Bonchev–Trinajstić information content (AvgIpc) is 2.83. The highest BCUT2D eigenvalue weighted by Gasteiger charge is 2.38. The molecule has 0 bridgehead atoms. The maximum Gasteiger partial charge on any atom is 0.120 e. The van der Waals surface area contributed by atoms with E-state index in [2.05, 4.69) is 45.1 Å². The van der Waals surface area contributed by atoms with Gasteiger partial charge in [-0.1, -0.05) is 12.1 Å². The van der Waals surface area contributed by atoms with E-state index in [4.69, 9.17) is 4.74 Å². The Hall–Kier alpha value is -1.02. The first kappa shape index (κ1) is 10.5. The van der Waals surface area contributed by atoms with Crippen molar-refractivity contribution in [3.8, 4) is 5.75 Å². The molecule has 2 heteroatoms. The molecular formula is C13H19NO. The Bertz CT molecular complexity index is 344. The lowest BCUT2D eigenvalue weighted by Gasteiger charge is -2.21. The van der Waals surface area contributed by atoms with Gasteiger partial charge in [0.15, 0.2) is 0 Å². The van der Waals surface area contributed by atoms with Gasteiger partial charge in [-0.3, -0.25) is 0 Å². The summed E-state index contributed by atoms with van der Waals surface area (Å²) in [6.45, 7) is 9.47. The van der Waals surface area contributed by atoms with E-state index in [0.29, 0.717) is 0 Å². The van der Waals surface area contributed by atoms with Crippen LogP contribution in [0, 0.1) is 0 Å². The van der Waals surface area contributed by atoms with E-state index in [-0.39, 0.29) is 11.1 Å². The van der Waals surface area contributed by atoms with E-state index in [1.54, 1.807) is 0 Å². The van der Waals surface area contributed by atoms with E-state index in [1.807, 2.05) is 12.1 Å². The van der Waals surface area contributed by atoms with Crippen LogP contribution in [0.2, 0.25) is 0 Å². The summed E-state index contributed by atoms with van der Waals surface area (Å²) in [5.41, 5.74) is 1.42. The van der Waals surface area contributed by atoms with Gasteiger partial charge < -0.3 is 10.1 Å². The van der Waals surface area contributed by atoms with Crippen LogP contribution in [0.5, 0.6) is 5.75 Å². The van der Waals surface area contributed by atoms with Crippen LogP contribution in [-0.2, 0) is 5.54 Å². The fourth-order valence-corrected chi connectivity index (χ4v) is 1.58. The molecule has 1 aromatic carbocycles. The summed E-state index contributed by atoms with van der Waals surface area (Å²) < 4.78 is 5.77. The Morgan fingerprint density at radius 1 is 1.20 bits per heavy atom. The summed E-state index contributed by atoms with van der Waals surface area (Å²) in [6, 6.07) is 8.37. The summed E-state index contributed by atoms with van der Waals surface area (Å²) >= 11 is 0. The van der Waals surface area contributed by atoms with Crippen LogP contribution in [-0.4, -0.2) is 12.1 Å². The second kappa shape index (κ2) is 3.24. The predicted molar refractivity (Wildman–Crippen MR) is 62.2 cm³/mol. The third-order valence-electron chi connectivity index (χ3n) is 2.62. The van der Waals surface area contributed by atoms with Gasteiger partial charge in [-0.2, -0.15) is 0 Å². The van der Waals surface area contributed by atoms with Crippen LogP contribution in [0.25, 0.3) is 0 Å². The molecule has 1 fully saturated rings. The van der Waals surface area contributed by atoms with E-state index in [0.717, 1.165) is 12.3 Å². The highest BCUT2D eigenvalue weighted by Crippen LogP contribution is 2.31. The lowest BCUT2D eigenvalue weighted by atomic mass is 10.0. The summed E-state index contributed by atoms with van der Waals surface area (Å²) in [6.07, 6.45) is 0. The standard InChI is InChI=1S/C13H19NO/c1-12(2,3)15-11-7-5-10(6-8-11)13(4)9-14-13/h5-8,14H,9H2,1-4H3. The maximum atomic E-state index is 5.77. The van der Waals surface area contributed by atoms with Crippen molar-refractivity contribution in [2.75, 3.05) is 6.54 Å². The minimum Gasteiger partial charge on any atom is -0.488 e. The Balaban J connectivity index is 2.11.